The zero-order valence-corrected chi connectivity index (χ0v) is 18.3. The van der Waals surface area contributed by atoms with Gasteiger partial charge < -0.3 is 10.1 Å². The topological polar surface area (TPSA) is 38.3 Å². The Morgan fingerprint density at radius 1 is 1.17 bits per heavy atom. The van der Waals surface area contributed by atoms with Crippen molar-refractivity contribution in [2.45, 2.75) is 69.9 Å². The molecule has 0 radical (unpaired) electrons. The van der Waals surface area contributed by atoms with Gasteiger partial charge in [0.05, 0.1) is 6.61 Å². The number of rotatable bonds is 7. The zero-order valence-electron chi connectivity index (χ0n) is 18.3. The molecule has 3 nitrogen and oxygen atoms in total. The summed E-state index contributed by atoms with van der Waals surface area (Å²) in [6.45, 7) is 4.78. The van der Waals surface area contributed by atoms with Crippen molar-refractivity contribution in [3.05, 3.63) is 35.9 Å². The lowest BCUT2D eigenvalue weighted by Gasteiger charge is -2.66. The van der Waals surface area contributed by atoms with E-state index in [2.05, 4.69) is 42.6 Å². The highest BCUT2D eigenvalue weighted by Gasteiger charge is 2.65. The van der Waals surface area contributed by atoms with Crippen molar-refractivity contribution >= 4 is 5.78 Å². The monoisotopic (exact) mass is 413 g/mol. The number of carbonyl (C=O) groups is 1. The van der Waals surface area contributed by atoms with E-state index >= 15 is 0 Å². The lowest BCUT2D eigenvalue weighted by atomic mass is 9.37. The van der Waals surface area contributed by atoms with Gasteiger partial charge in [-0.15, -0.1) is 0 Å². The van der Waals surface area contributed by atoms with Crippen LogP contribution in [0.5, 0.6) is 0 Å². The minimum atomic E-state index is -0.892. The van der Waals surface area contributed by atoms with Gasteiger partial charge in [0.15, 0.2) is 0 Å². The fraction of sp³-hybridized carbons (Fsp3) is 0.731. The van der Waals surface area contributed by atoms with Crippen LogP contribution in [0.1, 0.15) is 63.9 Å². The molecule has 164 valence electrons. The first kappa shape index (κ1) is 20.6. The smallest absolute Gasteiger partial charge is 0.139 e. The summed E-state index contributed by atoms with van der Waals surface area (Å²) < 4.78 is 20.5. The van der Waals surface area contributed by atoms with Crippen LogP contribution in [0.15, 0.2) is 30.3 Å². The molecule has 5 aliphatic rings. The van der Waals surface area contributed by atoms with Crippen LogP contribution in [0.2, 0.25) is 0 Å². The van der Waals surface area contributed by atoms with E-state index in [9.17, 15) is 9.18 Å². The van der Waals surface area contributed by atoms with Crippen molar-refractivity contribution in [3.8, 4) is 0 Å². The van der Waals surface area contributed by atoms with Gasteiger partial charge in [-0.3, -0.25) is 4.79 Å². The summed E-state index contributed by atoms with van der Waals surface area (Å²) in [6, 6.07) is 10.9. The number of Topliss-reactive ketones (excluding diaryl/α,β-unsaturated/α-hetero) is 1. The Bertz CT molecular complexity index is 784. The molecule has 1 saturated heterocycles. The lowest BCUT2D eigenvalue weighted by Crippen LogP contribution is -2.62. The zero-order chi connectivity index (χ0) is 20.8. The van der Waals surface area contributed by atoms with Crippen molar-refractivity contribution in [2.75, 3.05) is 26.3 Å². The van der Waals surface area contributed by atoms with Gasteiger partial charge in [-0.2, -0.15) is 0 Å². The molecule has 4 aliphatic carbocycles. The molecule has 1 aromatic rings. The van der Waals surface area contributed by atoms with Crippen LogP contribution in [0.3, 0.4) is 0 Å². The molecule has 30 heavy (non-hydrogen) atoms. The van der Waals surface area contributed by atoms with Crippen molar-refractivity contribution in [2.24, 2.45) is 22.7 Å². The van der Waals surface area contributed by atoms with Crippen molar-refractivity contribution in [1.82, 2.24) is 5.32 Å². The summed E-state index contributed by atoms with van der Waals surface area (Å²) in [5, 5.41) is 3.13. The van der Waals surface area contributed by atoms with Crippen LogP contribution in [-0.2, 0) is 14.9 Å². The molecule has 1 N–H and O–H groups in total. The van der Waals surface area contributed by atoms with Crippen LogP contribution in [0.25, 0.3) is 0 Å². The van der Waals surface area contributed by atoms with Crippen molar-refractivity contribution < 1.29 is 13.9 Å². The Labute approximate surface area is 180 Å². The number of hydrogen-bond donors (Lipinski definition) is 1. The highest BCUT2D eigenvalue weighted by Crippen LogP contribution is 2.70. The first-order valence-corrected chi connectivity index (χ1v) is 12.0. The molecule has 4 saturated carbocycles. The van der Waals surface area contributed by atoms with Crippen molar-refractivity contribution in [3.63, 3.8) is 0 Å². The summed E-state index contributed by atoms with van der Waals surface area (Å²) in [6.07, 6.45) is 6.74. The number of hydrogen-bond acceptors (Lipinski definition) is 3. The molecule has 4 heteroatoms. The third-order valence-corrected chi connectivity index (χ3v) is 8.76. The van der Waals surface area contributed by atoms with E-state index in [1.165, 1.54) is 18.4 Å². The molecule has 1 aromatic carbocycles. The second kappa shape index (κ2) is 7.70. The number of carbonyl (C=O) groups excluding carboxylic acids is 1. The molecule has 1 heterocycles. The Balaban J connectivity index is 1.48. The van der Waals surface area contributed by atoms with Gasteiger partial charge in [-0.25, -0.2) is 4.39 Å². The van der Waals surface area contributed by atoms with Gasteiger partial charge in [0.2, 0.25) is 0 Å². The Kier molecular flexibility index (Phi) is 5.30. The van der Waals surface area contributed by atoms with Crippen molar-refractivity contribution in [1.29, 1.82) is 0 Å². The number of benzene rings is 1. The van der Waals surface area contributed by atoms with E-state index in [1.807, 2.05) is 0 Å². The molecule has 0 aromatic heterocycles. The molecular formula is C26H36FNO2. The summed E-state index contributed by atoms with van der Waals surface area (Å²) in [5.74, 6) is 0.824. The molecule has 0 amide bonds. The van der Waals surface area contributed by atoms with E-state index in [1.54, 1.807) is 0 Å². The molecule has 5 fully saturated rings. The second-order valence-electron chi connectivity index (χ2n) is 11.0. The van der Waals surface area contributed by atoms with Gasteiger partial charge in [-0.05, 0) is 86.6 Å². The number of ether oxygens (including phenoxy) is 1. The van der Waals surface area contributed by atoms with E-state index in [0.29, 0.717) is 24.7 Å². The molecule has 1 aliphatic heterocycles. The van der Waals surface area contributed by atoms with Gasteiger partial charge in [-0.1, -0.05) is 30.3 Å². The fourth-order valence-electron chi connectivity index (χ4n) is 8.10. The largest absolute Gasteiger partial charge is 0.381 e. The van der Waals surface area contributed by atoms with Crippen LogP contribution in [0, 0.1) is 22.7 Å². The maximum Gasteiger partial charge on any atom is 0.139 e. The molecule has 2 unspecified atom stereocenters. The third-order valence-electron chi connectivity index (χ3n) is 8.76. The van der Waals surface area contributed by atoms with E-state index in [0.717, 1.165) is 51.9 Å². The number of halogens is 1. The summed E-state index contributed by atoms with van der Waals surface area (Å²) in [5.41, 5.74) is 1.30. The number of piperidine rings is 1. The first-order chi connectivity index (χ1) is 14.5. The predicted octanol–water partition coefficient (Wildman–Crippen LogP) is 4.84. The third kappa shape index (κ3) is 3.44. The fourth-order valence-corrected chi connectivity index (χ4v) is 8.10. The summed E-state index contributed by atoms with van der Waals surface area (Å²) in [7, 11) is 0. The van der Waals surface area contributed by atoms with E-state index in [4.69, 9.17) is 4.74 Å². The number of nitrogens with one attached hydrogen (secondary N) is 1. The maximum atomic E-state index is 14.5. The van der Waals surface area contributed by atoms with Crippen LogP contribution < -0.4 is 5.32 Å². The van der Waals surface area contributed by atoms with Crippen LogP contribution in [0.4, 0.5) is 4.39 Å². The van der Waals surface area contributed by atoms with Crippen LogP contribution in [-0.4, -0.2) is 38.3 Å². The average molecular weight is 414 g/mol. The van der Waals surface area contributed by atoms with Gasteiger partial charge in [0, 0.05) is 25.0 Å². The quantitative estimate of drug-likeness (QED) is 0.695. The van der Waals surface area contributed by atoms with E-state index < -0.39 is 6.17 Å². The standard InChI is InChI=1S/C26H36FNO2/c1-2-30-18-24-11-19-12-25(15-24,21-6-4-3-5-7-21)17-26(13-19,16-24)23(29)10-20-8-9-28-14-22(20)27/h3-7,19-20,22,28H,2,8-18H2,1H3/t19?,20-,22+,24+,25-,26?/m1/s1. The Morgan fingerprint density at radius 3 is 2.77 bits per heavy atom. The Hall–Kier alpha value is -1.26. The Morgan fingerprint density at radius 2 is 2.00 bits per heavy atom. The average Bonchev–Trinajstić information content (AvgIpc) is 2.74. The minimum Gasteiger partial charge on any atom is -0.381 e. The van der Waals surface area contributed by atoms with Gasteiger partial charge >= 0.3 is 0 Å². The highest BCUT2D eigenvalue weighted by atomic mass is 19.1. The molecule has 0 spiro atoms. The maximum absolute atomic E-state index is 14.5. The molecule has 6 atom stereocenters. The summed E-state index contributed by atoms with van der Waals surface area (Å²) >= 11 is 0. The first-order valence-electron chi connectivity index (χ1n) is 12.0. The highest BCUT2D eigenvalue weighted by molar-refractivity contribution is 5.86. The van der Waals surface area contributed by atoms with E-state index in [-0.39, 0.29) is 22.2 Å². The minimum absolute atomic E-state index is 0.0800. The van der Waals surface area contributed by atoms with Gasteiger partial charge in [0.25, 0.3) is 0 Å². The molecule has 6 rings (SSSR count). The SMILES string of the molecule is CCOC[C@]12CC3CC(C(=O)C[C@H]4CCNC[C@@H]4F)(C1)C[C@@](c1ccccc1)(C3)C2. The second-order valence-corrected chi connectivity index (χ2v) is 11.0. The summed E-state index contributed by atoms with van der Waals surface area (Å²) in [4.78, 5) is 13.9. The molecular weight excluding hydrogens is 377 g/mol. The molecule has 4 bridgehead atoms. The predicted molar refractivity (Wildman–Crippen MR) is 116 cm³/mol. The lowest BCUT2D eigenvalue weighted by molar-refractivity contribution is -0.171. The van der Waals surface area contributed by atoms with Crippen LogP contribution >= 0.6 is 0 Å². The number of alkyl halides is 1. The van der Waals surface area contributed by atoms with Gasteiger partial charge in [0.1, 0.15) is 12.0 Å². The number of ketones is 1. The normalized spacial score (nSPS) is 42.4.